The van der Waals surface area contributed by atoms with Crippen molar-refractivity contribution >= 4 is 28.9 Å². The van der Waals surface area contributed by atoms with Crippen molar-refractivity contribution in [1.29, 1.82) is 0 Å². The van der Waals surface area contributed by atoms with Gasteiger partial charge in [0.2, 0.25) is 0 Å². The minimum atomic E-state index is 0. The molecule has 0 radical (unpaired) electrons. The number of thiazole rings is 1. The number of rotatable bonds is 7. The van der Waals surface area contributed by atoms with Gasteiger partial charge in [-0.3, -0.25) is 4.90 Å². The monoisotopic (exact) mass is 333 g/mol. The molecule has 2 unspecified atom stereocenters. The van der Waals surface area contributed by atoms with Gasteiger partial charge in [-0.25, -0.2) is 4.98 Å². The molecule has 4 nitrogen and oxygen atoms in total. The quantitative estimate of drug-likeness (QED) is 0.828. The molecular formula is C15H28ClN3OS. The Balaban J connectivity index is 0.00000220. The van der Waals surface area contributed by atoms with Crippen LogP contribution >= 0.6 is 23.7 Å². The number of nitrogen functional groups attached to an aromatic ring is 1. The first-order chi connectivity index (χ1) is 9.57. The lowest BCUT2D eigenvalue weighted by Crippen LogP contribution is -2.63. The maximum atomic E-state index is 5.95. The first kappa shape index (κ1) is 18.7. The van der Waals surface area contributed by atoms with E-state index >= 15 is 0 Å². The van der Waals surface area contributed by atoms with E-state index in [1.807, 2.05) is 6.20 Å². The molecule has 21 heavy (non-hydrogen) atoms. The number of anilines is 1. The molecule has 1 aromatic heterocycles. The van der Waals surface area contributed by atoms with E-state index in [9.17, 15) is 0 Å². The van der Waals surface area contributed by atoms with Gasteiger partial charge in [-0.15, -0.1) is 23.7 Å². The molecule has 1 heterocycles. The second-order valence-electron chi connectivity index (χ2n) is 5.72. The van der Waals surface area contributed by atoms with Gasteiger partial charge in [0.25, 0.3) is 0 Å². The number of hydrogen-bond acceptors (Lipinski definition) is 5. The SMILES string of the molecule is CCOC1CC(N(C)Cc2cnc(N)s2)C1(CC)CC.Cl. The molecule has 0 amide bonds. The maximum absolute atomic E-state index is 5.95. The Morgan fingerprint density at radius 3 is 2.57 bits per heavy atom. The van der Waals surface area contributed by atoms with E-state index in [1.54, 1.807) is 11.3 Å². The molecule has 6 heteroatoms. The molecule has 2 N–H and O–H groups in total. The predicted molar refractivity (Wildman–Crippen MR) is 92.1 cm³/mol. The van der Waals surface area contributed by atoms with Crippen molar-refractivity contribution in [3.05, 3.63) is 11.1 Å². The zero-order valence-electron chi connectivity index (χ0n) is 13.5. The number of halogens is 1. The molecule has 0 aliphatic heterocycles. The van der Waals surface area contributed by atoms with Crippen molar-refractivity contribution in [3.8, 4) is 0 Å². The van der Waals surface area contributed by atoms with Gasteiger partial charge in [0.1, 0.15) is 0 Å². The summed E-state index contributed by atoms with van der Waals surface area (Å²) in [6.07, 6.45) is 5.80. The third-order valence-corrected chi connectivity index (χ3v) is 5.75. The molecule has 122 valence electrons. The smallest absolute Gasteiger partial charge is 0.180 e. The summed E-state index contributed by atoms with van der Waals surface area (Å²) in [5.74, 6) is 0. The lowest BCUT2D eigenvalue weighted by molar-refractivity contribution is -0.168. The second kappa shape index (κ2) is 7.77. The van der Waals surface area contributed by atoms with E-state index in [4.69, 9.17) is 10.5 Å². The molecule has 2 atom stereocenters. The summed E-state index contributed by atoms with van der Waals surface area (Å²) in [6, 6.07) is 0.595. The lowest BCUT2D eigenvalue weighted by atomic mass is 9.58. The van der Waals surface area contributed by atoms with E-state index in [-0.39, 0.29) is 12.4 Å². The Kier molecular flexibility index (Phi) is 6.91. The molecule has 0 aromatic carbocycles. The van der Waals surface area contributed by atoms with Crippen LogP contribution in [0.25, 0.3) is 0 Å². The average Bonchev–Trinajstić information content (AvgIpc) is 2.81. The Morgan fingerprint density at radius 1 is 1.43 bits per heavy atom. The van der Waals surface area contributed by atoms with Crippen molar-refractivity contribution in [2.75, 3.05) is 19.4 Å². The number of nitrogens with two attached hydrogens (primary N) is 1. The van der Waals surface area contributed by atoms with Gasteiger partial charge in [-0.1, -0.05) is 13.8 Å². The fraction of sp³-hybridized carbons (Fsp3) is 0.800. The van der Waals surface area contributed by atoms with Gasteiger partial charge in [-0.2, -0.15) is 0 Å². The summed E-state index contributed by atoms with van der Waals surface area (Å²) in [4.78, 5) is 7.83. The standard InChI is InChI=1S/C15H27N3OS.ClH/c1-5-15(6-2)12(8-13(15)19-7-3)18(4)10-11-9-17-14(16)20-11;/h9,12-13H,5-8,10H2,1-4H3,(H2,16,17);1H. The lowest BCUT2D eigenvalue weighted by Gasteiger charge is -2.58. The van der Waals surface area contributed by atoms with Gasteiger partial charge in [0.05, 0.1) is 6.10 Å². The summed E-state index contributed by atoms with van der Waals surface area (Å²) < 4.78 is 5.95. The summed E-state index contributed by atoms with van der Waals surface area (Å²) in [5, 5.41) is 0.659. The highest BCUT2D eigenvalue weighted by atomic mass is 35.5. The van der Waals surface area contributed by atoms with Crippen LogP contribution in [0.3, 0.4) is 0 Å². The molecular weight excluding hydrogens is 306 g/mol. The van der Waals surface area contributed by atoms with E-state index < -0.39 is 0 Å². The molecule has 1 aliphatic carbocycles. The number of nitrogens with zero attached hydrogens (tertiary/aromatic N) is 2. The first-order valence-corrected chi connectivity index (χ1v) is 8.41. The number of hydrogen-bond donors (Lipinski definition) is 1. The molecule has 1 fully saturated rings. The Labute approximate surface area is 138 Å². The Hall–Kier alpha value is -0.360. The molecule has 0 bridgehead atoms. The van der Waals surface area contributed by atoms with Gasteiger partial charge < -0.3 is 10.5 Å². The van der Waals surface area contributed by atoms with Crippen LogP contribution in [0.4, 0.5) is 5.13 Å². The topological polar surface area (TPSA) is 51.4 Å². The summed E-state index contributed by atoms with van der Waals surface area (Å²) in [5.41, 5.74) is 6.02. The van der Waals surface area contributed by atoms with Crippen molar-refractivity contribution in [2.24, 2.45) is 5.41 Å². The van der Waals surface area contributed by atoms with Crippen LogP contribution in [-0.2, 0) is 11.3 Å². The second-order valence-corrected chi connectivity index (χ2v) is 6.86. The van der Waals surface area contributed by atoms with Gasteiger partial charge in [0, 0.05) is 35.7 Å². The fourth-order valence-electron chi connectivity index (χ4n) is 3.71. The molecule has 0 saturated heterocycles. The van der Waals surface area contributed by atoms with Crippen LogP contribution in [0.15, 0.2) is 6.20 Å². The van der Waals surface area contributed by atoms with Crippen LogP contribution in [-0.4, -0.2) is 35.7 Å². The highest BCUT2D eigenvalue weighted by Gasteiger charge is 2.54. The van der Waals surface area contributed by atoms with E-state index in [2.05, 4.69) is 37.7 Å². The minimum Gasteiger partial charge on any atom is -0.378 e. The van der Waals surface area contributed by atoms with Crippen LogP contribution in [0.1, 0.15) is 44.9 Å². The van der Waals surface area contributed by atoms with Crippen LogP contribution in [0, 0.1) is 5.41 Å². The zero-order chi connectivity index (χ0) is 14.8. The third-order valence-electron chi connectivity index (χ3n) is 4.94. The predicted octanol–water partition coefficient (Wildman–Crippen LogP) is 3.56. The molecule has 1 aromatic rings. The summed E-state index contributed by atoms with van der Waals surface area (Å²) >= 11 is 1.59. The molecule has 0 spiro atoms. The van der Waals surface area contributed by atoms with Gasteiger partial charge >= 0.3 is 0 Å². The van der Waals surface area contributed by atoms with Crippen molar-refractivity contribution in [3.63, 3.8) is 0 Å². The van der Waals surface area contributed by atoms with Crippen LogP contribution < -0.4 is 5.73 Å². The molecule has 1 saturated carbocycles. The summed E-state index contributed by atoms with van der Waals surface area (Å²) in [6.45, 7) is 8.42. The van der Waals surface area contributed by atoms with E-state index in [0.717, 1.165) is 19.6 Å². The van der Waals surface area contributed by atoms with Crippen molar-refractivity contribution < 1.29 is 4.74 Å². The van der Waals surface area contributed by atoms with Crippen molar-refractivity contribution in [1.82, 2.24) is 9.88 Å². The van der Waals surface area contributed by atoms with Crippen molar-refractivity contribution in [2.45, 2.75) is 58.7 Å². The van der Waals surface area contributed by atoms with Crippen LogP contribution in [0.2, 0.25) is 0 Å². The fourth-order valence-corrected chi connectivity index (χ4v) is 4.46. The minimum absolute atomic E-state index is 0. The first-order valence-electron chi connectivity index (χ1n) is 7.59. The molecule has 2 rings (SSSR count). The summed E-state index contributed by atoms with van der Waals surface area (Å²) in [7, 11) is 2.21. The Morgan fingerprint density at radius 2 is 2.10 bits per heavy atom. The molecule has 1 aliphatic rings. The Bertz CT molecular complexity index is 436. The van der Waals surface area contributed by atoms with E-state index in [1.165, 1.54) is 17.7 Å². The van der Waals surface area contributed by atoms with E-state index in [0.29, 0.717) is 22.7 Å². The normalized spacial score (nSPS) is 23.7. The highest BCUT2D eigenvalue weighted by Crippen LogP contribution is 2.51. The third kappa shape index (κ3) is 3.52. The van der Waals surface area contributed by atoms with Gasteiger partial charge in [-0.05, 0) is 33.2 Å². The highest BCUT2D eigenvalue weighted by molar-refractivity contribution is 7.15. The average molecular weight is 334 g/mol. The van der Waals surface area contributed by atoms with Gasteiger partial charge in [0.15, 0.2) is 5.13 Å². The number of aromatic nitrogens is 1. The zero-order valence-corrected chi connectivity index (χ0v) is 15.1. The largest absolute Gasteiger partial charge is 0.378 e. The number of ether oxygens (including phenoxy) is 1. The maximum Gasteiger partial charge on any atom is 0.180 e. The van der Waals surface area contributed by atoms with Crippen LogP contribution in [0.5, 0.6) is 0 Å².